The normalized spacial score (nSPS) is 19.6. The van der Waals surface area contributed by atoms with Gasteiger partial charge in [0.1, 0.15) is 5.60 Å². The van der Waals surface area contributed by atoms with E-state index < -0.39 is 5.60 Å². The Morgan fingerprint density at radius 1 is 1.29 bits per heavy atom. The van der Waals surface area contributed by atoms with Gasteiger partial charge in [-0.2, -0.15) is 5.26 Å². The van der Waals surface area contributed by atoms with Gasteiger partial charge in [-0.15, -0.1) is 0 Å². The molecule has 1 aliphatic heterocycles. The molecule has 1 aliphatic rings. The highest BCUT2D eigenvalue weighted by Crippen LogP contribution is 2.12. The second kappa shape index (κ2) is 5.37. The Morgan fingerprint density at radius 3 is 2.24 bits per heavy atom. The van der Waals surface area contributed by atoms with Crippen molar-refractivity contribution < 1.29 is 9.53 Å². The monoisotopic (exact) mass is 239 g/mol. The van der Waals surface area contributed by atoms with E-state index in [9.17, 15) is 4.79 Å². The summed E-state index contributed by atoms with van der Waals surface area (Å²) in [6.07, 6.45) is -0.262. The zero-order valence-electron chi connectivity index (χ0n) is 11.1. The number of nitrogens with zero attached hydrogens (tertiary/aromatic N) is 3. The third-order valence-corrected chi connectivity index (χ3v) is 2.70. The quantitative estimate of drug-likeness (QED) is 0.695. The van der Waals surface area contributed by atoms with Gasteiger partial charge in [-0.25, -0.2) is 4.79 Å². The summed E-state index contributed by atoms with van der Waals surface area (Å²) < 4.78 is 5.30. The Bertz CT molecular complexity index is 309. The molecule has 0 spiro atoms. The first-order valence-electron chi connectivity index (χ1n) is 5.95. The number of nitriles is 1. The van der Waals surface area contributed by atoms with Crippen molar-refractivity contribution in [3.05, 3.63) is 0 Å². The molecule has 5 heteroatoms. The van der Waals surface area contributed by atoms with Crippen molar-refractivity contribution in [3.8, 4) is 6.07 Å². The van der Waals surface area contributed by atoms with Gasteiger partial charge >= 0.3 is 6.09 Å². The molecule has 0 bridgehead atoms. The van der Waals surface area contributed by atoms with Crippen molar-refractivity contribution >= 4 is 6.09 Å². The Hall–Kier alpha value is -1.28. The van der Waals surface area contributed by atoms with Crippen LogP contribution in [0.15, 0.2) is 0 Å². The largest absolute Gasteiger partial charge is 0.444 e. The third kappa shape index (κ3) is 4.23. The average Bonchev–Trinajstić information content (AvgIpc) is 2.26. The highest BCUT2D eigenvalue weighted by Gasteiger charge is 2.27. The Kier molecular flexibility index (Phi) is 4.35. The Morgan fingerprint density at radius 2 is 1.82 bits per heavy atom. The molecule has 0 N–H and O–H groups in total. The summed E-state index contributed by atoms with van der Waals surface area (Å²) in [5.74, 6) is 0. The Balaban J connectivity index is 2.42. The van der Waals surface area contributed by atoms with Gasteiger partial charge in [0.05, 0.1) is 12.1 Å². The van der Waals surface area contributed by atoms with E-state index in [0.29, 0.717) is 13.1 Å². The van der Waals surface area contributed by atoms with E-state index in [2.05, 4.69) is 11.0 Å². The Labute approximate surface area is 103 Å². The van der Waals surface area contributed by atoms with Crippen LogP contribution in [0, 0.1) is 11.3 Å². The van der Waals surface area contributed by atoms with E-state index in [1.165, 1.54) is 0 Å². The van der Waals surface area contributed by atoms with Gasteiger partial charge in [0, 0.05) is 26.2 Å². The maximum Gasteiger partial charge on any atom is 0.410 e. The van der Waals surface area contributed by atoms with Crippen LogP contribution in [-0.2, 0) is 4.74 Å². The molecule has 1 heterocycles. The molecule has 96 valence electrons. The third-order valence-electron chi connectivity index (χ3n) is 2.70. The van der Waals surface area contributed by atoms with Crippen LogP contribution in [0.4, 0.5) is 4.79 Å². The lowest BCUT2D eigenvalue weighted by atomic mass is 10.2. The zero-order chi connectivity index (χ0) is 13.1. The number of hydrogen-bond acceptors (Lipinski definition) is 4. The van der Waals surface area contributed by atoms with Crippen LogP contribution in [0.2, 0.25) is 0 Å². The highest BCUT2D eigenvalue weighted by atomic mass is 16.6. The van der Waals surface area contributed by atoms with Gasteiger partial charge in [-0.1, -0.05) is 0 Å². The number of carbonyl (C=O) groups is 1. The van der Waals surface area contributed by atoms with Crippen molar-refractivity contribution in [1.29, 1.82) is 5.26 Å². The molecule has 0 unspecified atom stereocenters. The minimum absolute atomic E-state index is 0.0872. The molecule has 0 aliphatic carbocycles. The van der Waals surface area contributed by atoms with Crippen LogP contribution < -0.4 is 0 Å². The SMILES string of the molecule is C[C@H](C#N)N1CCN(C(=O)OC(C)(C)C)CC1. The second-order valence-electron chi connectivity index (χ2n) is 5.31. The van der Waals surface area contributed by atoms with Crippen molar-refractivity contribution in [3.63, 3.8) is 0 Å². The summed E-state index contributed by atoms with van der Waals surface area (Å²) >= 11 is 0. The molecular weight excluding hydrogens is 218 g/mol. The molecule has 0 radical (unpaired) electrons. The number of ether oxygens (including phenoxy) is 1. The molecule has 1 atom stereocenters. The van der Waals surface area contributed by atoms with Gasteiger partial charge in [0.2, 0.25) is 0 Å². The standard InChI is InChI=1S/C12H21N3O2/c1-10(9-13)14-5-7-15(8-6-14)11(16)17-12(2,3)4/h10H,5-8H2,1-4H3/t10-/m1/s1. The summed E-state index contributed by atoms with van der Waals surface area (Å²) in [6.45, 7) is 10.2. The van der Waals surface area contributed by atoms with E-state index in [-0.39, 0.29) is 12.1 Å². The molecule has 1 rings (SSSR count). The second-order valence-corrected chi connectivity index (χ2v) is 5.31. The van der Waals surface area contributed by atoms with Crippen LogP contribution in [-0.4, -0.2) is 53.7 Å². The number of hydrogen-bond donors (Lipinski definition) is 0. The summed E-state index contributed by atoms with van der Waals surface area (Å²) in [5, 5.41) is 8.82. The van der Waals surface area contributed by atoms with E-state index in [4.69, 9.17) is 10.00 Å². The minimum Gasteiger partial charge on any atom is -0.444 e. The summed E-state index contributed by atoms with van der Waals surface area (Å²) in [5.41, 5.74) is -0.450. The first kappa shape index (κ1) is 13.8. The van der Waals surface area contributed by atoms with Gasteiger partial charge in [0.25, 0.3) is 0 Å². The summed E-state index contributed by atoms with van der Waals surface area (Å²) in [6, 6.07) is 2.12. The fourth-order valence-electron chi connectivity index (χ4n) is 1.70. The molecule has 0 saturated carbocycles. The van der Waals surface area contributed by atoms with Crippen LogP contribution in [0.1, 0.15) is 27.7 Å². The van der Waals surface area contributed by atoms with E-state index in [0.717, 1.165) is 13.1 Å². The molecule has 0 aromatic heterocycles. The highest BCUT2D eigenvalue weighted by molar-refractivity contribution is 5.68. The maximum absolute atomic E-state index is 11.8. The first-order valence-corrected chi connectivity index (χ1v) is 5.95. The lowest BCUT2D eigenvalue weighted by Gasteiger charge is -2.36. The van der Waals surface area contributed by atoms with E-state index in [1.807, 2.05) is 27.7 Å². The van der Waals surface area contributed by atoms with Crippen molar-refractivity contribution in [2.75, 3.05) is 26.2 Å². The summed E-state index contributed by atoms with van der Waals surface area (Å²) in [7, 11) is 0. The maximum atomic E-state index is 11.8. The van der Waals surface area contributed by atoms with Crippen LogP contribution >= 0.6 is 0 Å². The fourth-order valence-corrected chi connectivity index (χ4v) is 1.70. The number of rotatable bonds is 1. The van der Waals surface area contributed by atoms with Gasteiger partial charge in [-0.3, -0.25) is 4.90 Å². The molecule has 1 fully saturated rings. The molecule has 1 amide bonds. The number of piperazine rings is 1. The lowest BCUT2D eigenvalue weighted by Crippen LogP contribution is -2.52. The van der Waals surface area contributed by atoms with Crippen molar-refractivity contribution in [2.45, 2.75) is 39.3 Å². The van der Waals surface area contributed by atoms with Gasteiger partial charge in [-0.05, 0) is 27.7 Å². The minimum atomic E-state index is -0.450. The van der Waals surface area contributed by atoms with Gasteiger partial charge < -0.3 is 9.64 Å². The lowest BCUT2D eigenvalue weighted by molar-refractivity contribution is 0.0131. The molecule has 5 nitrogen and oxygen atoms in total. The number of amides is 1. The molecule has 1 saturated heterocycles. The smallest absolute Gasteiger partial charge is 0.410 e. The topological polar surface area (TPSA) is 56.6 Å². The van der Waals surface area contributed by atoms with Crippen LogP contribution in [0.3, 0.4) is 0 Å². The van der Waals surface area contributed by atoms with E-state index in [1.54, 1.807) is 4.90 Å². The first-order chi connectivity index (χ1) is 7.83. The number of carbonyl (C=O) groups excluding carboxylic acids is 1. The average molecular weight is 239 g/mol. The van der Waals surface area contributed by atoms with Crippen LogP contribution in [0.25, 0.3) is 0 Å². The van der Waals surface area contributed by atoms with Crippen LogP contribution in [0.5, 0.6) is 0 Å². The van der Waals surface area contributed by atoms with Gasteiger partial charge in [0.15, 0.2) is 0 Å². The zero-order valence-corrected chi connectivity index (χ0v) is 11.1. The molecule has 0 aromatic carbocycles. The van der Waals surface area contributed by atoms with E-state index >= 15 is 0 Å². The van der Waals surface area contributed by atoms with Crippen molar-refractivity contribution in [2.24, 2.45) is 0 Å². The van der Waals surface area contributed by atoms with Crippen molar-refractivity contribution in [1.82, 2.24) is 9.80 Å². The predicted octanol–water partition coefficient (Wildman–Crippen LogP) is 1.45. The predicted molar refractivity (Wildman–Crippen MR) is 64.5 cm³/mol. The molecule has 17 heavy (non-hydrogen) atoms. The molecule has 0 aromatic rings. The summed E-state index contributed by atoms with van der Waals surface area (Å²) in [4.78, 5) is 15.6. The molecular formula is C12H21N3O2. The fraction of sp³-hybridized carbons (Fsp3) is 0.833.